The number of nitrogens with one attached hydrogen (secondary N) is 2. The number of hydrogen-bond donors (Lipinski definition) is 3. The Labute approximate surface area is 150 Å². The molecule has 0 radical (unpaired) electrons. The summed E-state index contributed by atoms with van der Waals surface area (Å²) in [4.78, 5) is 22.7. The fourth-order valence-electron chi connectivity index (χ4n) is 2.10. The molecule has 0 heterocycles. The average molecular weight is 361 g/mol. The van der Waals surface area contributed by atoms with Gasteiger partial charge in [-0.15, -0.1) is 0 Å². The summed E-state index contributed by atoms with van der Waals surface area (Å²) in [6, 6.07) is 13.0. The van der Waals surface area contributed by atoms with E-state index < -0.39 is 6.03 Å². The molecule has 0 atom stereocenters. The molecule has 132 valence electrons. The Bertz CT molecular complexity index is 723. The first-order valence-corrected chi connectivity index (χ1v) is 8.93. The van der Waals surface area contributed by atoms with Crippen LogP contribution in [-0.2, 0) is 12.3 Å². The largest absolute Gasteiger partial charge is 0.352 e. The highest BCUT2D eigenvalue weighted by Gasteiger charge is 2.05. The molecule has 0 spiro atoms. The van der Waals surface area contributed by atoms with Crippen molar-refractivity contribution in [3.8, 4) is 0 Å². The Morgan fingerprint density at radius 3 is 2.44 bits per heavy atom. The normalized spacial score (nSPS) is 10.3. The summed E-state index contributed by atoms with van der Waals surface area (Å²) >= 11 is 1.56. The lowest BCUT2D eigenvalue weighted by molar-refractivity contribution is 0.0956. The van der Waals surface area contributed by atoms with E-state index in [-0.39, 0.29) is 11.7 Å². The first kappa shape index (κ1) is 18.8. The zero-order valence-corrected chi connectivity index (χ0v) is 14.4. The summed E-state index contributed by atoms with van der Waals surface area (Å²) in [5.74, 6) is 0.899. The van der Waals surface area contributed by atoms with Gasteiger partial charge in [0, 0.05) is 30.2 Å². The van der Waals surface area contributed by atoms with Gasteiger partial charge in [-0.2, -0.15) is 11.8 Å². The lowest BCUT2D eigenvalue weighted by Gasteiger charge is -2.07. The maximum Gasteiger partial charge on any atom is 0.312 e. The van der Waals surface area contributed by atoms with Crippen LogP contribution in [0.1, 0.15) is 21.5 Å². The topological polar surface area (TPSA) is 84.2 Å². The number of rotatable bonds is 8. The third-order valence-corrected chi connectivity index (χ3v) is 4.44. The molecule has 0 aromatic heterocycles. The number of benzene rings is 2. The van der Waals surface area contributed by atoms with Crippen LogP contribution in [0.4, 0.5) is 9.18 Å². The minimum absolute atomic E-state index is 0.166. The van der Waals surface area contributed by atoms with E-state index in [0.29, 0.717) is 35.7 Å². The number of carbonyl (C=O) groups excluding carboxylic acids is 2. The van der Waals surface area contributed by atoms with Crippen molar-refractivity contribution in [2.45, 2.75) is 12.3 Å². The fourth-order valence-corrected chi connectivity index (χ4v) is 2.94. The summed E-state index contributed by atoms with van der Waals surface area (Å²) in [5, 5.41) is 5.31. The van der Waals surface area contributed by atoms with Gasteiger partial charge in [-0.25, -0.2) is 9.18 Å². The number of halogens is 1. The molecule has 4 N–H and O–H groups in total. The van der Waals surface area contributed by atoms with Gasteiger partial charge in [0.2, 0.25) is 0 Å². The van der Waals surface area contributed by atoms with Crippen molar-refractivity contribution in [1.29, 1.82) is 0 Å². The van der Waals surface area contributed by atoms with E-state index in [0.717, 1.165) is 5.56 Å². The van der Waals surface area contributed by atoms with E-state index in [1.807, 2.05) is 6.07 Å². The molecule has 7 heteroatoms. The Kier molecular flexibility index (Phi) is 7.28. The number of hydrogen-bond acceptors (Lipinski definition) is 3. The smallest absolute Gasteiger partial charge is 0.312 e. The van der Waals surface area contributed by atoms with E-state index in [2.05, 4.69) is 10.6 Å². The Balaban J connectivity index is 1.69. The van der Waals surface area contributed by atoms with Gasteiger partial charge in [0.1, 0.15) is 5.82 Å². The second-order valence-electron chi connectivity index (χ2n) is 5.31. The molecule has 2 rings (SSSR count). The minimum Gasteiger partial charge on any atom is -0.352 e. The van der Waals surface area contributed by atoms with Crippen molar-refractivity contribution in [3.05, 3.63) is 71.0 Å². The predicted molar refractivity (Wildman–Crippen MR) is 97.8 cm³/mol. The van der Waals surface area contributed by atoms with Gasteiger partial charge in [-0.05, 0) is 29.3 Å². The highest BCUT2D eigenvalue weighted by Crippen LogP contribution is 2.14. The van der Waals surface area contributed by atoms with E-state index in [1.54, 1.807) is 48.2 Å². The lowest BCUT2D eigenvalue weighted by Crippen LogP contribution is -2.28. The summed E-state index contributed by atoms with van der Waals surface area (Å²) in [6.45, 7) is 0.826. The number of primary amides is 1. The predicted octanol–water partition coefficient (Wildman–Crippen LogP) is 2.66. The Hall–Kier alpha value is -2.54. The first-order chi connectivity index (χ1) is 12.1. The molecule has 0 saturated heterocycles. The van der Waals surface area contributed by atoms with Crippen molar-refractivity contribution in [2.24, 2.45) is 5.73 Å². The summed E-state index contributed by atoms with van der Waals surface area (Å²) in [5.41, 5.74) is 7.07. The van der Waals surface area contributed by atoms with E-state index in [9.17, 15) is 14.0 Å². The molecule has 0 unspecified atom stereocenters. The molecular formula is C18H20FN3O2S. The molecule has 0 aliphatic carbocycles. The molecule has 3 amide bonds. The van der Waals surface area contributed by atoms with Crippen molar-refractivity contribution >= 4 is 23.7 Å². The minimum atomic E-state index is -0.588. The van der Waals surface area contributed by atoms with Crippen molar-refractivity contribution in [3.63, 3.8) is 0 Å². The van der Waals surface area contributed by atoms with Crippen LogP contribution in [-0.4, -0.2) is 24.2 Å². The van der Waals surface area contributed by atoms with Gasteiger partial charge < -0.3 is 16.4 Å². The van der Waals surface area contributed by atoms with Crippen LogP contribution in [0.15, 0.2) is 48.5 Å². The molecule has 25 heavy (non-hydrogen) atoms. The molecule has 2 aromatic rings. The molecule has 2 aromatic carbocycles. The van der Waals surface area contributed by atoms with Gasteiger partial charge in [0.15, 0.2) is 0 Å². The van der Waals surface area contributed by atoms with E-state index in [4.69, 9.17) is 5.73 Å². The van der Waals surface area contributed by atoms with E-state index in [1.165, 1.54) is 6.07 Å². The number of urea groups is 1. The van der Waals surface area contributed by atoms with Crippen LogP contribution in [0.3, 0.4) is 0 Å². The van der Waals surface area contributed by atoms with Crippen molar-refractivity contribution < 1.29 is 14.0 Å². The number of carbonyl (C=O) groups is 2. The monoisotopic (exact) mass is 361 g/mol. The van der Waals surface area contributed by atoms with Gasteiger partial charge in [0.05, 0.1) is 0 Å². The molecule has 0 aliphatic rings. The third kappa shape index (κ3) is 6.46. The number of amides is 3. The van der Waals surface area contributed by atoms with Gasteiger partial charge in [-0.1, -0.05) is 30.3 Å². The highest BCUT2D eigenvalue weighted by molar-refractivity contribution is 7.98. The lowest BCUT2D eigenvalue weighted by atomic mass is 10.1. The summed E-state index contributed by atoms with van der Waals surface area (Å²) < 4.78 is 13.5. The Morgan fingerprint density at radius 1 is 1.04 bits per heavy atom. The highest BCUT2D eigenvalue weighted by atomic mass is 32.2. The maximum atomic E-state index is 13.5. The zero-order chi connectivity index (χ0) is 18.1. The maximum absolute atomic E-state index is 13.5. The molecule has 5 nitrogen and oxygen atoms in total. The second kappa shape index (κ2) is 9.68. The second-order valence-corrected chi connectivity index (χ2v) is 6.42. The SMILES string of the molecule is NC(=O)NCc1ccc(C(=O)NCCSCc2ccccc2F)cc1. The number of nitrogens with two attached hydrogens (primary N) is 1. The summed E-state index contributed by atoms with van der Waals surface area (Å²) in [7, 11) is 0. The Morgan fingerprint density at radius 2 is 1.76 bits per heavy atom. The fraction of sp³-hybridized carbons (Fsp3) is 0.222. The van der Waals surface area contributed by atoms with E-state index >= 15 is 0 Å². The first-order valence-electron chi connectivity index (χ1n) is 7.78. The molecule has 0 saturated carbocycles. The van der Waals surface area contributed by atoms with Gasteiger partial charge in [-0.3, -0.25) is 4.79 Å². The standard InChI is InChI=1S/C18H20FN3O2S/c19-16-4-2-1-3-15(16)12-25-10-9-21-17(23)14-7-5-13(6-8-14)11-22-18(20)24/h1-8H,9-12H2,(H,21,23)(H3,20,22,24). The van der Waals surface area contributed by atoms with Gasteiger partial charge >= 0.3 is 6.03 Å². The van der Waals surface area contributed by atoms with Crippen LogP contribution in [0, 0.1) is 5.82 Å². The molecule has 0 fully saturated rings. The van der Waals surface area contributed by atoms with Crippen molar-refractivity contribution in [1.82, 2.24) is 10.6 Å². The van der Waals surface area contributed by atoms with Gasteiger partial charge in [0.25, 0.3) is 5.91 Å². The molecule has 0 aliphatic heterocycles. The zero-order valence-electron chi connectivity index (χ0n) is 13.6. The number of thioether (sulfide) groups is 1. The van der Waals surface area contributed by atoms with Crippen LogP contribution in [0.5, 0.6) is 0 Å². The quantitative estimate of drug-likeness (QED) is 0.632. The third-order valence-electron chi connectivity index (χ3n) is 3.43. The molecule has 0 bridgehead atoms. The van der Waals surface area contributed by atoms with Crippen LogP contribution in [0.25, 0.3) is 0 Å². The van der Waals surface area contributed by atoms with Crippen LogP contribution >= 0.6 is 11.8 Å². The summed E-state index contributed by atoms with van der Waals surface area (Å²) in [6.07, 6.45) is 0. The van der Waals surface area contributed by atoms with Crippen molar-refractivity contribution in [2.75, 3.05) is 12.3 Å². The van der Waals surface area contributed by atoms with Crippen LogP contribution < -0.4 is 16.4 Å². The average Bonchev–Trinajstić information content (AvgIpc) is 2.61. The molecular weight excluding hydrogens is 341 g/mol. The van der Waals surface area contributed by atoms with Crippen LogP contribution in [0.2, 0.25) is 0 Å².